The van der Waals surface area contributed by atoms with Gasteiger partial charge in [0.05, 0.1) is 11.4 Å². The molecule has 0 atom stereocenters. The van der Waals surface area contributed by atoms with Gasteiger partial charge in [0.1, 0.15) is 17.0 Å². The zero-order valence-corrected chi connectivity index (χ0v) is 21.8. The lowest BCUT2D eigenvalue weighted by Crippen LogP contribution is -1.98. The summed E-state index contributed by atoms with van der Waals surface area (Å²) in [5.41, 5.74) is 5.71. The van der Waals surface area contributed by atoms with E-state index in [1.54, 1.807) is 13.8 Å². The maximum atomic E-state index is 11.6. The van der Waals surface area contributed by atoms with E-state index in [9.17, 15) is 24.9 Å². The number of aromatic carboxylic acids is 1. The first-order valence-corrected chi connectivity index (χ1v) is 12.0. The fraction of sp³-hybridized carbons (Fsp3) is 0.138. The summed E-state index contributed by atoms with van der Waals surface area (Å²) in [5, 5.41) is 45.5. The first-order chi connectivity index (χ1) is 18.6. The maximum Gasteiger partial charge on any atom is 0.341 e. The van der Waals surface area contributed by atoms with Crippen LogP contribution in [0.15, 0.2) is 58.8 Å². The molecule has 1 amide bonds. The molecule has 4 N–H and O–H groups in total. The van der Waals surface area contributed by atoms with Crippen molar-refractivity contribution in [1.29, 1.82) is 0 Å². The Labute approximate surface area is 224 Å². The number of phenols is 1. The number of carbonyl (C=O) groups excluding carboxylic acids is 1. The van der Waals surface area contributed by atoms with Gasteiger partial charge >= 0.3 is 5.97 Å². The van der Waals surface area contributed by atoms with Crippen LogP contribution < -0.4 is 5.32 Å². The zero-order valence-electron chi connectivity index (χ0n) is 21.8. The van der Waals surface area contributed by atoms with Gasteiger partial charge in [0, 0.05) is 5.69 Å². The minimum atomic E-state index is -1.34. The highest BCUT2D eigenvalue weighted by atomic mass is 16.4. The average Bonchev–Trinajstić information content (AvgIpc) is 3.17. The molecule has 0 spiro atoms. The Morgan fingerprint density at radius 2 is 1.56 bits per heavy atom. The molecule has 0 radical (unpaired) electrons. The van der Waals surface area contributed by atoms with E-state index in [0.29, 0.717) is 23.4 Å². The smallest absolute Gasteiger partial charge is 0.341 e. The molecule has 0 unspecified atom stereocenters. The van der Waals surface area contributed by atoms with Crippen molar-refractivity contribution < 1.29 is 24.9 Å². The molecule has 0 aliphatic heterocycles. The third kappa shape index (κ3) is 5.54. The molecule has 39 heavy (non-hydrogen) atoms. The van der Waals surface area contributed by atoms with Gasteiger partial charge in [0.25, 0.3) is 0 Å². The number of nitrogens with zero attached hydrogens (tertiary/aromatic N) is 4. The van der Waals surface area contributed by atoms with E-state index in [1.165, 1.54) is 16.8 Å². The quantitative estimate of drug-likeness (QED) is 0.119. The van der Waals surface area contributed by atoms with Crippen LogP contribution in [0.5, 0.6) is 11.6 Å². The highest BCUT2D eigenvalue weighted by Gasteiger charge is 2.19. The molecule has 0 saturated carbocycles. The molecule has 4 aromatic rings. The van der Waals surface area contributed by atoms with Gasteiger partial charge in [-0.1, -0.05) is 30.4 Å². The predicted octanol–water partition coefficient (Wildman–Crippen LogP) is 6.37. The third-order valence-corrected chi connectivity index (χ3v) is 6.27. The van der Waals surface area contributed by atoms with E-state index in [1.807, 2.05) is 62.4 Å². The monoisotopic (exact) mass is 525 g/mol. The lowest BCUT2D eigenvalue weighted by molar-refractivity contribution is -0.105. The van der Waals surface area contributed by atoms with Crippen LogP contribution in [0.2, 0.25) is 0 Å². The second kappa shape index (κ2) is 11.0. The van der Waals surface area contributed by atoms with Crippen LogP contribution in [0.4, 0.5) is 17.1 Å². The fourth-order valence-electron chi connectivity index (χ4n) is 4.07. The molecule has 10 nitrogen and oxygen atoms in total. The summed E-state index contributed by atoms with van der Waals surface area (Å²) in [6.07, 6.45) is 4.62. The highest BCUT2D eigenvalue weighted by Crippen LogP contribution is 2.36. The van der Waals surface area contributed by atoms with Crippen molar-refractivity contribution in [1.82, 2.24) is 9.78 Å². The molecule has 0 saturated heterocycles. The normalized spacial score (nSPS) is 11.4. The Bertz CT molecular complexity index is 1650. The molecule has 0 fully saturated rings. The van der Waals surface area contributed by atoms with Crippen LogP contribution in [0.1, 0.15) is 43.9 Å². The Morgan fingerprint density at radius 1 is 0.897 bits per heavy atom. The second-order valence-corrected chi connectivity index (χ2v) is 9.01. The average molecular weight is 526 g/mol. The predicted molar refractivity (Wildman–Crippen MR) is 148 cm³/mol. The molecule has 0 bridgehead atoms. The summed E-state index contributed by atoms with van der Waals surface area (Å²) in [6, 6.07) is 14.2. The Morgan fingerprint density at radius 3 is 2.18 bits per heavy atom. The molecule has 0 aliphatic carbocycles. The number of aryl methyl sites for hydroxylation is 4. The van der Waals surface area contributed by atoms with Crippen molar-refractivity contribution in [2.24, 2.45) is 10.2 Å². The van der Waals surface area contributed by atoms with Crippen LogP contribution in [0, 0.1) is 27.7 Å². The second-order valence-electron chi connectivity index (χ2n) is 9.01. The van der Waals surface area contributed by atoms with Gasteiger partial charge in [0.2, 0.25) is 12.3 Å². The summed E-state index contributed by atoms with van der Waals surface area (Å²) < 4.78 is 1.33. The van der Waals surface area contributed by atoms with Crippen LogP contribution in [-0.4, -0.2) is 37.5 Å². The number of hydrogen-bond donors (Lipinski definition) is 4. The number of azo groups is 1. The standard InChI is InChI=1S/C29H27N5O5/c1-16-5-12-24(25(27(16)36)29(38)39)31-32-26-19(4)33-34(28(26)37)23-11-9-21(18(3)14-23)7-6-20-8-10-22(30-15-35)13-17(20)2/h5-15,36-37H,1-4H3,(H,30,35)(H,38,39). The molecule has 198 valence electrons. The van der Waals surface area contributed by atoms with Gasteiger partial charge in [-0.3, -0.25) is 4.79 Å². The molecule has 0 aliphatic rings. The maximum absolute atomic E-state index is 11.6. The van der Waals surface area contributed by atoms with E-state index in [0.717, 1.165) is 27.9 Å². The van der Waals surface area contributed by atoms with Crippen LogP contribution in [0.25, 0.3) is 17.8 Å². The van der Waals surface area contributed by atoms with Crippen LogP contribution >= 0.6 is 0 Å². The van der Waals surface area contributed by atoms with E-state index in [2.05, 4.69) is 20.6 Å². The number of carbonyl (C=O) groups is 2. The van der Waals surface area contributed by atoms with Crippen molar-refractivity contribution >= 4 is 41.6 Å². The van der Waals surface area contributed by atoms with Crippen molar-refractivity contribution in [3.63, 3.8) is 0 Å². The first kappa shape index (κ1) is 26.8. The molecular formula is C29H27N5O5. The van der Waals surface area contributed by atoms with Crippen molar-refractivity contribution in [2.45, 2.75) is 27.7 Å². The SMILES string of the molecule is Cc1cc(NC=O)ccc1C=Cc1ccc(-n2nc(C)c(N=Nc3ccc(C)c(O)c3C(=O)O)c2O)cc1C. The molecule has 1 aromatic heterocycles. The fourth-order valence-corrected chi connectivity index (χ4v) is 4.07. The number of anilines is 1. The summed E-state index contributed by atoms with van der Waals surface area (Å²) in [6.45, 7) is 7.14. The number of aromatic hydroxyl groups is 2. The van der Waals surface area contributed by atoms with Gasteiger partial charge < -0.3 is 20.6 Å². The number of benzene rings is 3. The van der Waals surface area contributed by atoms with Crippen molar-refractivity contribution in [3.8, 4) is 17.3 Å². The minimum Gasteiger partial charge on any atom is -0.507 e. The van der Waals surface area contributed by atoms with Gasteiger partial charge in [-0.05, 0) is 85.8 Å². The third-order valence-electron chi connectivity index (χ3n) is 6.27. The largest absolute Gasteiger partial charge is 0.507 e. The van der Waals surface area contributed by atoms with E-state index < -0.39 is 5.97 Å². The van der Waals surface area contributed by atoms with E-state index >= 15 is 0 Å². The minimum absolute atomic E-state index is 0.0472. The number of hydrogen-bond acceptors (Lipinski definition) is 7. The Hall–Kier alpha value is -5.25. The topological polar surface area (TPSA) is 149 Å². The lowest BCUT2D eigenvalue weighted by Gasteiger charge is -2.08. The zero-order chi connectivity index (χ0) is 28.3. The number of carboxylic acids is 1. The Kier molecular flexibility index (Phi) is 7.57. The van der Waals surface area contributed by atoms with Crippen molar-refractivity contribution in [3.05, 3.63) is 87.6 Å². The van der Waals surface area contributed by atoms with Crippen LogP contribution in [0.3, 0.4) is 0 Å². The van der Waals surface area contributed by atoms with Gasteiger partial charge in [-0.25, -0.2) is 4.79 Å². The molecule has 1 heterocycles. The van der Waals surface area contributed by atoms with Gasteiger partial charge in [-0.15, -0.1) is 10.2 Å². The first-order valence-electron chi connectivity index (χ1n) is 12.0. The number of carboxylic acid groups (broad SMARTS) is 1. The molecule has 3 aromatic carbocycles. The summed E-state index contributed by atoms with van der Waals surface area (Å²) in [5.74, 6) is -1.98. The molecule has 10 heteroatoms. The number of rotatable bonds is 8. The van der Waals surface area contributed by atoms with E-state index in [4.69, 9.17) is 0 Å². The van der Waals surface area contributed by atoms with Gasteiger partial charge in [0.15, 0.2) is 5.69 Å². The summed E-state index contributed by atoms with van der Waals surface area (Å²) >= 11 is 0. The molecule has 4 rings (SSSR count). The lowest BCUT2D eigenvalue weighted by atomic mass is 10.0. The van der Waals surface area contributed by atoms with Crippen molar-refractivity contribution in [2.75, 3.05) is 5.32 Å². The number of aromatic nitrogens is 2. The number of nitrogens with one attached hydrogen (secondary N) is 1. The summed E-state index contributed by atoms with van der Waals surface area (Å²) in [7, 11) is 0. The highest BCUT2D eigenvalue weighted by molar-refractivity contribution is 5.97. The summed E-state index contributed by atoms with van der Waals surface area (Å²) in [4.78, 5) is 22.3. The Balaban J connectivity index is 1.61. The van der Waals surface area contributed by atoms with Gasteiger partial charge in [-0.2, -0.15) is 9.78 Å². The molecular weight excluding hydrogens is 498 g/mol. The van der Waals surface area contributed by atoms with E-state index in [-0.39, 0.29) is 28.6 Å². The van der Waals surface area contributed by atoms with Crippen LogP contribution in [-0.2, 0) is 4.79 Å². The number of amides is 1.